The van der Waals surface area contributed by atoms with Crippen molar-refractivity contribution in [3.8, 4) is 0 Å². The van der Waals surface area contributed by atoms with Crippen LogP contribution in [0.5, 0.6) is 0 Å². The number of likely N-dealkylation sites (tertiary alicyclic amines) is 1. The quantitative estimate of drug-likeness (QED) is 0.737. The molecule has 1 saturated heterocycles. The molecular weight excluding hydrogens is 395 g/mol. The molecule has 0 aromatic carbocycles. The average Bonchev–Trinajstić information content (AvgIpc) is 3.35. The first-order chi connectivity index (χ1) is 13.3. The molecule has 1 N–H and O–H groups in total. The number of hydrogen-bond acceptors (Lipinski definition) is 5. The molecule has 3 rings (SSSR count). The first kappa shape index (κ1) is 20.2. The van der Waals surface area contributed by atoms with Gasteiger partial charge in [0, 0.05) is 12.7 Å². The number of hydrogen-bond donors (Lipinski definition) is 1. The SMILES string of the molecule is O=C(NCc1ccco1)C1CCCN1C(=O)CSc1ccc(C(F)(F)F)cn1. The van der Waals surface area contributed by atoms with Crippen LogP contribution in [0, 0.1) is 0 Å². The molecule has 0 saturated carbocycles. The van der Waals surface area contributed by atoms with Crippen LogP contribution in [0.1, 0.15) is 24.2 Å². The summed E-state index contributed by atoms with van der Waals surface area (Å²) in [4.78, 5) is 30.1. The van der Waals surface area contributed by atoms with E-state index in [1.165, 1.54) is 17.2 Å². The predicted octanol–water partition coefficient (Wildman–Crippen LogP) is 3.09. The summed E-state index contributed by atoms with van der Waals surface area (Å²) in [7, 11) is 0. The topological polar surface area (TPSA) is 75.4 Å². The second-order valence-electron chi connectivity index (χ2n) is 6.21. The smallest absolute Gasteiger partial charge is 0.417 e. The number of alkyl halides is 3. The van der Waals surface area contributed by atoms with Crippen LogP contribution in [0.15, 0.2) is 46.2 Å². The molecule has 6 nitrogen and oxygen atoms in total. The highest BCUT2D eigenvalue weighted by atomic mass is 32.2. The van der Waals surface area contributed by atoms with E-state index in [9.17, 15) is 22.8 Å². The molecule has 0 radical (unpaired) electrons. The Morgan fingerprint density at radius 1 is 1.32 bits per heavy atom. The Labute approximate surface area is 163 Å². The molecule has 2 aromatic rings. The maximum Gasteiger partial charge on any atom is 0.417 e. The van der Waals surface area contributed by atoms with Crippen molar-refractivity contribution in [3.05, 3.63) is 48.0 Å². The minimum atomic E-state index is -4.45. The van der Waals surface area contributed by atoms with Gasteiger partial charge in [-0.15, -0.1) is 0 Å². The maximum atomic E-state index is 12.6. The third kappa shape index (κ3) is 5.06. The fraction of sp³-hybridized carbons (Fsp3) is 0.389. The van der Waals surface area contributed by atoms with E-state index in [1.54, 1.807) is 12.1 Å². The fourth-order valence-corrected chi connectivity index (χ4v) is 3.62. The first-order valence-corrected chi connectivity index (χ1v) is 9.59. The lowest BCUT2D eigenvalue weighted by Gasteiger charge is -2.23. The summed E-state index contributed by atoms with van der Waals surface area (Å²) < 4.78 is 42.8. The summed E-state index contributed by atoms with van der Waals surface area (Å²) >= 11 is 1.04. The van der Waals surface area contributed by atoms with Crippen LogP contribution in [0.25, 0.3) is 0 Å². The lowest BCUT2D eigenvalue weighted by molar-refractivity contribution is -0.138. The van der Waals surface area contributed by atoms with Crippen LogP contribution in [0.2, 0.25) is 0 Å². The van der Waals surface area contributed by atoms with Crippen molar-refractivity contribution in [3.63, 3.8) is 0 Å². The van der Waals surface area contributed by atoms with Gasteiger partial charge >= 0.3 is 6.18 Å². The number of rotatable bonds is 6. The molecule has 1 atom stereocenters. The highest BCUT2D eigenvalue weighted by Gasteiger charge is 2.34. The molecule has 150 valence electrons. The first-order valence-electron chi connectivity index (χ1n) is 8.60. The number of thioether (sulfide) groups is 1. The van der Waals surface area contributed by atoms with Gasteiger partial charge in [0.05, 0.1) is 29.2 Å². The number of pyridine rings is 1. The largest absolute Gasteiger partial charge is 0.467 e. The number of nitrogens with zero attached hydrogens (tertiary/aromatic N) is 2. The minimum absolute atomic E-state index is 0.000326. The highest BCUT2D eigenvalue weighted by molar-refractivity contribution is 7.99. The van der Waals surface area contributed by atoms with Gasteiger partial charge in [0.15, 0.2) is 0 Å². The van der Waals surface area contributed by atoms with Crippen LogP contribution in [0.3, 0.4) is 0 Å². The molecule has 1 unspecified atom stereocenters. The maximum absolute atomic E-state index is 12.6. The van der Waals surface area contributed by atoms with Crippen LogP contribution in [-0.4, -0.2) is 40.0 Å². The Kier molecular flexibility index (Phi) is 6.28. The Morgan fingerprint density at radius 3 is 2.79 bits per heavy atom. The lowest BCUT2D eigenvalue weighted by Crippen LogP contribution is -2.46. The van der Waals surface area contributed by atoms with Gasteiger partial charge in [-0.1, -0.05) is 11.8 Å². The summed E-state index contributed by atoms with van der Waals surface area (Å²) in [5.74, 6) is 0.121. The molecule has 3 heterocycles. The molecule has 1 fully saturated rings. The van der Waals surface area contributed by atoms with Gasteiger partial charge in [-0.3, -0.25) is 9.59 Å². The van der Waals surface area contributed by atoms with Gasteiger partial charge in [0.25, 0.3) is 0 Å². The van der Waals surface area contributed by atoms with Crippen molar-refractivity contribution in [2.24, 2.45) is 0 Å². The van der Waals surface area contributed by atoms with Gasteiger partial charge in [0.2, 0.25) is 11.8 Å². The van der Waals surface area contributed by atoms with Crippen molar-refractivity contribution in [2.75, 3.05) is 12.3 Å². The Hall–Kier alpha value is -2.49. The molecule has 0 aliphatic carbocycles. The van der Waals surface area contributed by atoms with E-state index in [2.05, 4.69) is 10.3 Å². The van der Waals surface area contributed by atoms with E-state index in [1.807, 2.05) is 0 Å². The zero-order valence-corrected chi connectivity index (χ0v) is 15.6. The molecular formula is C18H18F3N3O3S. The third-order valence-corrected chi connectivity index (χ3v) is 5.23. The molecule has 1 aliphatic rings. The van der Waals surface area contributed by atoms with E-state index < -0.39 is 17.8 Å². The number of furan rings is 1. The van der Waals surface area contributed by atoms with Crippen LogP contribution < -0.4 is 5.32 Å². The molecule has 28 heavy (non-hydrogen) atoms. The Morgan fingerprint density at radius 2 is 2.14 bits per heavy atom. The number of aromatic nitrogens is 1. The van der Waals surface area contributed by atoms with Crippen LogP contribution in [0.4, 0.5) is 13.2 Å². The van der Waals surface area contributed by atoms with E-state index in [0.29, 0.717) is 30.2 Å². The number of amides is 2. The normalized spacial score (nSPS) is 17.0. The molecule has 10 heteroatoms. The minimum Gasteiger partial charge on any atom is -0.467 e. The number of carbonyl (C=O) groups is 2. The summed E-state index contributed by atoms with van der Waals surface area (Å²) in [6.07, 6.45) is -0.905. The van der Waals surface area contributed by atoms with Gasteiger partial charge in [0.1, 0.15) is 11.8 Å². The van der Waals surface area contributed by atoms with E-state index in [4.69, 9.17) is 4.42 Å². The molecule has 0 bridgehead atoms. The standard InChI is InChI=1S/C18H18F3N3O3S/c19-18(20,21)12-5-6-15(22-9-12)28-11-16(25)24-7-1-4-14(24)17(26)23-10-13-3-2-8-27-13/h2-3,5-6,8-9,14H,1,4,7,10-11H2,(H,23,26). The Balaban J connectivity index is 1.52. The molecule has 2 amide bonds. The van der Waals surface area contributed by atoms with Crippen molar-refractivity contribution in [2.45, 2.75) is 36.6 Å². The van der Waals surface area contributed by atoms with E-state index in [-0.39, 0.29) is 24.1 Å². The van der Waals surface area contributed by atoms with Gasteiger partial charge in [-0.25, -0.2) is 4.98 Å². The van der Waals surface area contributed by atoms with Gasteiger partial charge < -0.3 is 14.6 Å². The fourth-order valence-electron chi connectivity index (χ4n) is 2.89. The summed E-state index contributed by atoms with van der Waals surface area (Å²) in [5.41, 5.74) is -0.837. The zero-order valence-electron chi connectivity index (χ0n) is 14.7. The van der Waals surface area contributed by atoms with Crippen LogP contribution in [-0.2, 0) is 22.3 Å². The van der Waals surface area contributed by atoms with Crippen molar-refractivity contribution in [1.29, 1.82) is 0 Å². The third-order valence-electron chi connectivity index (χ3n) is 4.30. The molecule has 0 spiro atoms. The van der Waals surface area contributed by atoms with E-state index >= 15 is 0 Å². The molecule has 2 aromatic heterocycles. The van der Waals surface area contributed by atoms with Gasteiger partial charge in [-0.2, -0.15) is 13.2 Å². The number of carbonyl (C=O) groups excluding carboxylic acids is 2. The number of halogens is 3. The number of nitrogens with one attached hydrogen (secondary N) is 1. The molecule has 1 aliphatic heterocycles. The lowest BCUT2D eigenvalue weighted by atomic mass is 10.2. The second-order valence-corrected chi connectivity index (χ2v) is 7.21. The predicted molar refractivity (Wildman–Crippen MR) is 95.3 cm³/mol. The summed E-state index contributed by atoms with van der Waals surface area (Å²) in [5, 5.41) is 3.07. The Bertz CT molecular complexity index is 810. The van der Waals surface area contributed by atoms with Crippen LogP contribution >= 0.6 is 11.8 Å². The monoisotopic (exact) mass is 413 g/mol. The highest BCUT2D eigenvalue weighted by Crippen LogP contribution is 2.29. The van der Waals surface area contributed by atoms with Crippen molar-refractivity contribution in [1.82, 2.24) is 15.2 Å². The zero-order chi connectivity index (χ0) is 20.1. The van der Waals surface area contributed by atoms with Crippen molar-refractivity contribution < 1.29 is 27.2 Å². The average molecular weight is 413 g/mol. The summed E-state index contributed by atoms with van der Waals surface area (Å²) in [6.45, 7) is 0.716. The van der Waals surface area contributed by atoms with E-state index in [0.717, 1.165) is 24.0 Å². The van der Waals surface area contributed by atoms with Crippen molar-refractivity contribution >= 4 is 23.6 Å². The summed E-state index contributed by atoms with van der Waals surface area (Å²) in [6, 6.07) is 5.08. The second kappa shape index (κ2) is 8.68. The van der Waals surface area contributed by atoms with Gasteiger partial charge in [-0.05, 0) is 37.1 Å².